The number of benzene rings is 1. The van der Waals surface area contributed by atoms with Crippen molar-refractivity contribution in [1.82, 2.24) is 25.1 Å². The molecule has 0 unspecified atom stereocenters. The van der Waals surface area contributed by atoms with Gasteiger partial charge in [-0.3, -0.25) is 15.1 Å². The number of rotatable bonds is 7. The normalized spacial score (nSPS) is 11.6. The van der Waals surface area contributed by atoms with Crippen molar-refractivity contribution >= 4 is 38.8 Å². The van der Waals surface area contributed by atoms with E-state index in [2.05, 4.69) is 57.0 Å². The van der Waals surface area contributed by atoms with Crippen molar-refractivity contribution in [2.24, 2.45) is 5.92 Å². The van der Waals surface area contributed by atoms with Gasteiger partial charge in [-0.05, 0) is 48.7 Å². The van der Waals surface area contributed by atoms with Crippen molar-refractivity contribution in [3.8, 4) is 33.1 Å². The van der Waals surface area contributed by atoms with Gasteiger partial charge < -0.3 is 10.3 Å². The van der Waals surface area contributed by atoms with Crippen LogP contribution in [-0.4, -0.2) is 25.1 Å². The van der Waals surface area contributed by atoms with Gasteiger partial charge >= 0.3 is 0 Å². The van der Waals surface area contributed by atoms with Crippen LogP contribution >= 0.6 is 11.3 Å². The Morgan fingerprint density at radius 2 is 1.95 bits per heavy atom. The molecule has 37 heavy (non-hydrogen) atoms. The van der Waals surface area contributed by atoms with Gasteiger partial charge in [-0.2, -0.15) is 9.49 Å². The standard InChI is InChI=1S/C29H25FN6S/c1-16(2)9-17(3)33-19-10-18(13-31-14-19)24-12-22-26(15-32-24)35-36-29(22)25-11-21-20(5-4-6-23(21)34-25)27-7-8-28(30)37-27/h4-8,10-16,33-34H,3,9H2,1-2H3,(H,35,36). The molecule has 6 nitrogen and oxygen atoms in total. The van der Waals surface area contributed by atoms with E-state index in [9.17, 15) is 4.39 Å². The van der Waals surface area contributed by atoms with Crippen molar-refractivity contribution in [3.63, 3.8) is 0 Å². The Labute approximate surface area is 217 Å². The van der Waals surface area contributed by atoms with Crippen LogP contribution < -0.4 is 5.32 Å². The summed E-state index contributed by atoms with van der Waals surface area (Å²) in [6, 6.07) is 15.5. The molecular formula is C29H25FN6S. The van der Waals surface area contributed by atoms with E-state index in [1.807, 2.05) is 36.4 Å². The second-order valence-corrected chi connectivity index (χ2v) is 10.6. The summed E-state index contributed by atoms with van der Waals surface area (Å²) in [5, 5.41) is 12.8. The highest BCUT2D eigenvalue weighted by molar-refractivity contribution is 7.14. The summed E-state index contributed by atoms with van der Waals surface area (Å²) in [4.78, 5) is 13.4. The lowest BCUT2D eigenvalue weighted by Crippen LogP contribution is -2.02. The smallest absolute Gasteiger partial charge is 0.176 e. The van der Waals surface area contributed by atoms with Crippen molar-refractivity contribution in [2.75, 3.05) is 5.32 Å². The highest BCUT2D eigenvalue weighted by Gasteiger charge is 2.16. The highest BCUT2D eigenvalue weighted by atomic mass is 32.1. The molecule has 0 saturated heterocycles. The molecule has 5 heterocycles. The highest BCUT2D eigenvalue weighted by Crippen LogP contribution is 2.37. The van der Waals surface area contributed by atoms with E-state index < -0.39 is 0 Å². The zero-order valence-corrected chi connectivity index (χ0v) is 21.3. The van der Waals surface area contributed by atoms with Crippen LogP contribution in [0.5, 0.6) is 0 Å². The van der Waals surface area contributed by atoms with Crippen LogP contribution in [0.25, 0.3) is 54.9 Å². The summed E-state index contributed by atoms with van der Waals surface area (Å²) >= 11 is 1.14. The molecule has 1 aromatic carbocycles. The van der Waals surface area contributed by atoms with Crippen LogP contribution in [0.4, 0.5) is 10.1 Å². The Kier molecular flexibility index (Phi) is 5.81. The number of anilines is 1. The third kappa shape index (κ3) is 4.51. The number of allylic oxidation sites excluding steroid dienone is 1. The van der Waals surface area contributed by atoms with Gasteiger partial charge in [0.05, 0.1) is 35.0 Å². The van der Waals surface area contributed by atoms with Crippen LogP contribution in [0.3, 0.4) is 0 Å². The van der Waals surface area contributed by atoms with Gasteiger partial charge in [0.1, 0.15) is 5.69 Å². The topological polar surface area (TPSA) is 82.3 Å². The fourth-order valence-electron chi connectivity index (χ4n) is 4.63. The molecule has 6 aromatic rings. The van der Waals surface area contributed by atoms with Crippen molar-refractivity contribution < 1.29 is 4.39 Å². The summed E-state index contributed by atoms with van der Waals surface area (Å²) in [6.45, 7) is 8.46. The molecule has 0 amide bonds. The fourth-order valence-corrected chi connectivity index (χ4v) is 5.40. The molecule has 0 aliphatic heterocycles. The molecule has 184 valence electrons. The van der Waals surface area contributed by atoms with Gasteiger partial charge in [0.15, 0.2) is 5.13 Å². The van der Waals surface area contributed by atoms with Crippen LogP contribution in [0, 0.1) is 11.0 Å². The van der Waals surface area contributed by atoms with E-state index >= 15 is 0 Å². The fraction of sp³-hybridized carbons (Fsp3) is 0.138. The lowest BCUT2D eigenvalue weighted by atomic mass is 10.1. The zero-order chi connectivity index (χ0) is 25.5. The van der Waals surface area contributed by atoms with E-state index in [4.69, 9.17) is 0 Å². The predicted molar refractivity (Wildman–Crippen MR) is 150 cm³/mol. The van der Waals surface area contributed by atoms with E-state index in [1.54, 1.807) is 18.6 Å². The first-order chi connectivity index (χ1) is 17.9. The van der Waals surface area contributed by atoms with Gasteiger partial charge in [0.2, 0.25) is 0 Å². The number of fused-ring (bicyclic) bond motifs is 2. The number of aromatic nitrogens is 5. The van der Waals surface area contributed by atoms with Crippen LogP contribution in [-0.2, 0) is 0 Å². The maximum atomic E-state index is 13.7. The molecule has 6 rings (SSSR count). The molecular weight excluding hydrogens is 483 g/mol. The first-order valence-corrected chi connectivity index (χ1v) is 12.9. The van der Waals surface area contributed by atoms with E-state index in [-0.39, 0.29) is 5.13 Å². The summed E-state index contributed by atoms with van der Waals surface area (Å²) < 4.78 is 13.7. The molecule has 0 spiro atoms. The second kappa shape index (κ2) is 9.29. The largest absolute Gasteiger partial charge is 0.358 e. The average molecular weight is 509 g/mol. The molecule has 0 saturated carbocycles. The van der Waals surface area contributed by atoms with Crippen LogP contribution in [0.15, 0.2) is 79.4 Å². The molecule has 0 radical (unpaired) electrons. The minimum absolute atomic E-state index is 0.195. The molecule has 0 fully saturated rings. The predicted octanol–water partition coefficient (Wildman–Crippen LogP) is 8.01. The third-order valence-electron chi connectivity index (χ3n) is 6.21. The number of hydrogen-bond acceptors (Lipinski definition) is 5. The number of H-pyrrole nitrogens is 2. The first-order valence-electron chi connectivity index (χ1n) is 12.1. The van der Waals surface area contributed by atoms with Gasteiger partial charge in [-0.15, -0.1) is 11.3 Å². The zero-order valence-electron chi connectivity index (χ0n) is 20.5. The summed E-state index contributed by atoms with van der Waals surface area (Å²) in [7, 11) is 0. The Hall–Kier alpha value is -4.30. The Balaban J connectivity index is 1.38. The van der Waals surface area contributed by atoms with Crippen molar-refractivity contribution in [2.45, 2.75) is 20.3 Å². The first kappa shape index (κ1) is 23.1. The lowest BCUT2D eigenvalue weighted by molar-refractivity contribution is 0.645. The monoisotopic (exact) mass is 508 g/mol. The Bertz CT molecular complexity index is 1760. The number of nitrogens with one attached hydrogen (secondary N) is 3. The van der Waals surface area contributed by atoms with E-state index in [1.165, 1.54) is 6.07 Å². The van der Waals surface area contributed by atoms with Crippen LogP contribution in [0.1, 0.15) is 20.3 Å². The molecule has 0 bridgehead atoms. The third-order valence-corrected chi connectivity index (χ3v) is 7.12. The van der Waals surface area contributed by atoms with Crippen molar-refractivity contribution in [3.05, 3.63) is 84.5 Å². The Morgan fingerprint density at radius 1 is 1.05 bits per heavy atom. The molecule has 0 atom stereocenters. The summed E-state index contributed by atoms with van der Waals surface area (Å²) in [5.74, 6) is 0.520. The minimum atomic E-state index is -0.195. The van der Waals surface area contributed by atoms with E-state index in [0.717, 1.165) is 84.0 Å². The SMILES string of the molecule is C=C(CC(C)C)Nc1cncc(-c2cc3c(-c4cc5c(-c6ccc(F)s6)cccc5[nH]4)n[nH]c3cn2)c1. The molecule has 3 N–H and O–H groups in total. The maximum absolute atomic E-state index is 13.7. The van der Waals surface area contributed by atoms with E-state index in [0.29, 0.717) is 5.92 Å². The Morgan fingerprint density at radius 3 is 2.76 bits per heavy atom. The lowest BCUT2D eigenvalue weighted by Gasteiger charge is -2.12. The van der Waals surface area contributed by atoms with Crippen molar-refractivity contribution in [1.29, 1.82) is 0 Å². The number of thiophene rings is 1. The molecule has 8 heteroatoms. The maximum Gasteiger partial charge on any atom is 0.176 e. The summed E-state index contributed by atoms with van der Waals surface area (Å²) in [6.07, 6.45) is 6.28. The molecule has 5 aromatic heterocycles. The summed E-state index contributed by atoms with van der Waals surface area (Å²) in [5.41, 5.74) is 8.00. The number of aromatic amines is 2. The number of pyridine rings is 2. The number of hydrogen-bond donors (Lipinski definition) is 3. The van der Waals surface area contributed by atoms with Gasteiger partial charge in [-0.25, -0.2) is 0 Å². The van der Waals surface area contributed by atoms with Crippen LogP contribution in [0.2, 0.25) is 0 Å². The number of halogens is 1. The quantitative estimate of drug-likeness (QED) is 0.204. The average Bonchev–Trinajstić information content (AvgIpc) is 3.60. The van der Waals surface area contributed by atoms with Gasteiger partial charge in [0, 0.05) is 44.2 Å². The molecule has 0 aliphatic rings. The number of nitrogens with zero attached hydrogens (tertiary/aromatic N) is 3. The molecule has 0 aliphatic carbocycles. The minimum Gasteiger partial charge on any atom is -0.358 e. The second-order valence-electron chi connectivity index (χ2n) is 9.53. The van der Waals surface area contributed by atoms with Gasteiger partial charge in [-0.1, -0.05) is 32.6 Å². The van der Waals surface area contributed by atoms with Gasteiger partial charge in [0.25, 0.3) is 0 Å².